The Morgan fingerprint density at radius 3 is 2.50 bits per heavy atom. The number of nitrogens with one attached hydrogen (secondary N) is 1. The maximum Gasteiger partial charge on any atom is 0.131 e. The van der Waals surface area contributed by atoms with Gasteiger partial charge in [0.2, 0.25) is 0 Å². The minimum atomic E-state index is -0.572. The second-order valence-electron chi connectivity index (χ2n) is 4.86. The Morgan fingerprint density at radius 2 is 1.85 bits per heavy atom. The third-order valence-electron chi connectivity index (χ3n) is 3.53. The molecule has 2 aromatic carbocycles. The summed E-state index contributed by atoms with van der Waals surface area (Å²) in [5.41, 5.74) is 1.54. The number of morpholine rings is 1. The second-order valence-corrected chi connectivity index (χ2v) is 4.86. The average Bonchev–Trinajstić information content (AvgIpc) is 2.48. The van der Waals surface area contributed by atoms with Crippen LogP contribution in [0.1, 0.15) is 23.3 Å². The van der Waals surface area contributed by atoms with Crippen molar-refractivity contribution < 1.29 is 13.5 Å². The largest absolute Gasteiger partial charge is 0.370 e. The number of benzene rings is 2. The SMILES string of the molecule is Fc1ccc(C2CNC(c3ccccc3)CO2)c(F)c1. The van der Waals surface area contributed by atoms with E-state index in [0.29, 0.717) is 18.7 Å². The fourth-order valence-electron chi connectivity index (χ4n) is 2.44. The maximum absolute atomic E-state index is 13.7. The van der Waals surface area contributed by atoms with E-state index in [9.17, 15) is 8.78 Å². The number of hydrogen-bond acceptors (Lipinski definition) is 2. The third kappa shape index (κ3) is 2.71. The average molecular weight is 275 g/mol. The van der Waals surface area contributed by atoms with Crippen molar-refractivity contribution in [1.82, 2.24) is 5.32 Å². The summed E-state index contributed by atoms with van der Waals surface area (Å²) in [5.74, 6) is -1.13. The van der Waals surface area contributed by atoms with Gasteiger partial charge in [0.15, 0.2) is 0 Å². The Kier molecular flexibility index (Phi) is 3.76. The molecule has 0 radical (unpaired) electrons. The molecule has 0 bridgehead atoms. The van der Waals surface area contributed by atoms with Gasteiger partial charge in [-0.3, -0.25) is 0 Å². The van der Waals surface area contributed by atoms with Crippen LogP contribution in [0.25, 0.3) is 0 Å². The van der Waals surface area contributed by atoms with E-state index in [1.807, 2.05) is 30.3 Å². The molecule has 0 aliphatic carbocycles. The van der Waals surface area contributed by atoms with Crippen LogP contribution in [-0.4, -0.2) is 13.2 Å². The molecular formula is C16H15F2NO. The molecule has 2 unspecified atom stereocenters. The van der Waals surface area contributed by atoms with Crippen LogP contribution in [0.3, 0.4) is 0 Å². The topological polar surface area (TPSA) is 21.3 Å². The number of halogens is 2. The van der Waals surface area contributed by atoms with Gasteiger partial charge in [0, 0.05) is 18.2 Å². The number of ether oxygens (including phenoxy) is 1. The van der Waals surface area contributed by atoms with E-state index < -0.39 is 11.6 Å². The van der Waals surface area contributed by atoms with E-state index in [2.05, 4.69) is 5.32 Å². The summed E-state index contributed by atoms with van der Waals surface area (Å²) in [6.45, 7) is 0.966. The fourth-order valence-corrected chi connectivity index (χ4v) is 2.44. The summed E-state index contributed by atoms with van der Waals surface area (Å²) < 4.78 is 32.3. The van der Waals surface area contributed by atoms with Gasteiger partial charge in [0.05, 0.1) is 18.8 Å². The highest BCUT2D eigenvalue weighted by Crippen LogP contribution is 2.27. The monoisotopic (exact) mass is 275 g/mol. The van der Waals surface area contributed by atoms with Crippen LogP contribution >= 0.6 is 0 Å². The molecule has 2 aromatic rings. The number of hydrogen-bond donors (Lipinski definition) is 1. The predicted molar refractivity (Wildman–Crippen MR) is 72.2 cm³/mol. The molecule has 104 valence electrons. The van der Waals surface area contributed by atoms with Crippen LogP contribution in [0, 0.1) is 11.6 Å². The Hall–Kier alpha value is -1.78. The summed E-state index contributed by atoms with van der Waals surface area (Å²) in [6, 6.07) is 13.7. The van der Waals surface area contributed by atoms with Gasteiger partial charge >= 0.3 is 0 Å². The lowest BCUT2D eigenvalue weighted by Gasteiger charge is -2.31. The van der Waals surface area contributed by atoms with Crippen molar-refractivity contribution in [3.05, 3.63) is 71.3 Å². The van der Waals surface area contributed by atoms with E-state index in [-0.39, 0.29) is 12.1 Å². The van der Waals surface area contributed by atoms with Gasteiger partial charge in [-0.2, -0.15) is 0 Å². The molecule has 2 nitrogen and oxygen atoms in total. The first kappa shape index (κ1) is 13.2. The van der Waals surface area contributed by atoms with Gasteiger partial charge in [0.1, 0.15) is 11.6 Å². The zero-order valence-corrected chi connectivity index (χ0v) is 10.9. The standard InChI is InChI=1S/C16H15F2NO/c17-12-6-7-13(14(18)8-12)16-9-19-15(10-20-16)11-4-2-1-3-5-11/h1-8,15-16,19H,9-10H2. The summed E-state index contributed by atoms with van der Waals surface area (Å²) in [7, 11) is 0. The molecule has 0 spiro atoms. The predicted octanol–water partition coefficient (Wildman–Crippen LogP) is 3.37. The molecule has 1 N–H and O–H groups in total. The van der Waals surface area contributed by atoms with E-state index >= 15 is 0 Å². The van der Waals surface area contributed by atoms with E-state index in [1.165, 1.54) is 12.1 Å². The third-order valence-corrected chi connectivity index (χ3v) is 3.53. The van der Waals surface area contributed by atoms with Crippen molar-refractivity contribution in [2.45, 2.75) is 12.1 Å². The first-order valence-electron chi connectivity index (χ1n) is 6.59. The van der Waals surface area contributed by atoms with Crippen molar-refractivity contribution in [1.29, 1.82) is 0 Å². The smallest absolute Gasteiger partial charge is 0.131 e. The van der Waals surface area contributed by atoms with Crippen molar-refractivity contribution in [2.24, 2.45) is 0 Å². The molecule has 4 heteroatoms. The molecule has 0 amide bonds. The van der Waals surface area contributed by atoms with Crippen molar-refractivity contribution in [2.75, 3.05) is 13.2 Å². The molecular weight excluding hydrogens is 260 g/mol. The minimum absolute atomic E-state index is 0.107. The lowest BCUT2D eigenvalue weighted by atomic mass is 10.0. The van der Waals surface area contributed by atoms with Crippen LogP contribution in [0.4, 0.5) is 8.78 Å². The normalized spacial score (nSPS) is 22.7. The Bertz CT molecular complexity index is 580. The van der Waals surface area contributed by atoms with Crippen LogP contribution in [-0.2, 0) is 4.74 Å². The Balaban J connectivity index is 1.69. The summed E-state index contributed by atoms with van der Waals surface area (Å²) in [6.07, 6.45) is -0.379. The van der Waals surface area contributed by atoms with Gasteiger partial charge in [-0.15, -0.1) is 0 Å². The van der Waals surface area contributed by atoms with Gasteiger partial charge < -0.3 is 10.1 Å². The molecule has 1 fully saturated rings. The highest BCUT2D eigenvalue weighted by atomic mass is 19.1. The molecule has 0 saturated carbocycles. The molecule has 1 heterocycles. The van der Waals surface area contributed by atoms with Gasteiger partial charge in [-0.25, -0.2) is 8.78 Å². The van der Waals surface area contributed by atoms with Crippen LogP contribution < -0.4 is 5.32 Å². The molecule has 1 saturated heterocycles. The maximum atomic E-state index is 13.7. The molecule has 1 aliphatic rings. The van der Waals surface area contributed by atoms with Gasteiger partial charge in [-0.05, 0) is 11.6 Å². The van der Waals surface area contributed by atoms with Crippen LogP contribution in [0.15, 0.2) is 48.5 Å². The highest BCUT2D eigenvalue weighted by Gasteiger charge is 2.25. The highest BCUT2D eigenvalue weighted by molar-refractivity contribution is 5.23. The van der Waals surface area contributed by atoms with Crippen LogP contribution in [0.5, 0.6) is 0 Å². The summed E-state index contributed by atoms with van der Waals surface area (Å²) >= 11 is 0. The molecule has 20 heavy (non-hydrogen) atoms. The van der Waals surface area contributed by atoms with E-state index in [1.54, 1.807) is 0 Å². The first-order chi connectivity index (χ1) is 9.74. The van der Waals surface area contributed by atoms with Gasteiger partial charge in [-0.1, -0.05) is 36.4 Å². The van der Waals surface area contributed by atoms with Gasteiger partial charge in [0.25, 0.3) is 0 Å². The lowest BCUT2D eigenvalue weighted by Crippen LogP contribution is -2.37. The van der Waals surface area contributed by atoms with Crippen LogP contribution in [0.2, 0.25) is 0 Å². The van der Waals surface area contributed by atoms with Crippen molar-refractivity contribution >= 4 is 0 Å². The molecule has 0 aromatic heterocycles. The van der Waals surface area contributed by atoms with Crippen molar-refractivity contribution in [3.63, 3.8) is 0 Å². The Labute approximate surface area is 116 Å². The lowest BCUT2D eigenvalue weighted by molar-refractivity contribution is 0.000452. The van der Waals surface area contributed by atoms with Crippen molar-refractivity contribution in [3.8, 4) is 0 Å². The zero-order valence-electron chi connectivity index (χ0n) is 10.9. The van der Waals surface area contributed by atoms with E-state index in [0.717, 1.165) is 11.6 Å². The molecule has 2 atom stereocenters. The molecule has 1 aliphatic heterocycles. The summed E-state index contributed by atoms with van der Waals surface area (Å²) in [5, 5.41) is 3.34. The minimum Gasteiger partial charge on any atom is -0.370 e. The second kappa shape index (κ2) is 5.69. The Morgan fingerprint density at radius 1 is 1.05 bits per heavy atom. The zero-order chi connectivity index (χ0) is 13.9. The molecule has 3 rings (SSSR count). The summed E-state index contributed by atoms with van der Waals surface area (Å²) in [4.78, 5) is 0. The van der Waals surface area contributed by atoms with E-state index in [4.69, 9.17) is 4.74 Å². The number of rotatable bonds is 2. The first-order valence-corrected chi connectivity index (χ1v) is 6.59. The quantitative estimate of drug-likeness (QED) is 0.907. The fraction of sp³-hybridized carbons (Fsp3) is 0.250.